The first-order chi connectivity index (χ1) is 12.2. The normalized spacial score (nSPS) is 11.8. The molecule has 1 aromatic heterocycles. The number of hydrogen-bond acceptors (Lipinski definition) is 6. The zero-order chi connectivity index (χ0) is 19.3. The Balaban J connectivity index is 2.28. The van der Waals surface area contributed by atoms with Crippen molar-refractivity contribution in [3.05, 3.63) is 30.3 Å². The summed E-state index contributed by atoms with van der Waals surface area (Å²) in [4.78, 5) is 11.9. The van der Waals surface area contributed by atoms with Gasteiger partial charge < -0.3 is 5.32 Å². The van der Waals surface area contributed by atoms with Crippen molar-refractivity contribution >= 4 is 38.1 Å². The maximum absolute atomic E-state index is 13.1. The molecule has 9 heteroatoms. The third-order valence-corrected chi connectivity index (χ3v) is 6.31. The van der Waals surface area contributed by atoms with Gasteiger partial charge in [-0.2, -0.15) is 8.42 Å². The molecule has 1 aromatic carbocycles. The average Bonchev–Trinajstić information content (AvgIpc) is 3.01. The van der Waals surface area contributed by atoms with E-state index in [1.54, 1.807) is 24.3 Å². The van der Waals surface area contributed by atoms with Crippen molar-refractivity contribution in [2.24, 2.45) is 11.8 Å². The molecule has 1 heterocycles. The first kappa shape index (κ1) is 20.3. The van der Waals surface area contributed by atoms with E-state index in [9.17, 15) is 13.2 Å². The molecule has 0 aliphatic heterocycles. The molecule has 0 unspecified atom stereocenters. The molecule has 7 nitrogen and oxygen atoms in total. The molecule has 2 aromatic rings. The van der Waals surface area contributed by atoms with Crippen LogP contribution in [0.3, 0.4) is 0 Å². The standard InChI is InChI=1S/C17H24N4O3S2/c1-12(2)10-15(22)18-16-19-20-17(25-16)26(23,24)21(11-13(3)4)14-8-6-5-7-9-14/h5-9,12-13H,10-11H2,1-4H3,(H,18,19,22). The summed E-state index contributed by atoms with van der Waals surface area (Å²) < 4.78 is 27.3. The van der Waals surface area contributed by atoms with Crippen molar-refractivity contribution in [1.82, 2.24) is 10.2 Å². The van der Waals surface area contributed by atoms with E-state index in [-0.39, 0.29) is 27.2 Å². The summed E-state index contributed by atoms with van der Waals surface area (Å²) in [5.74, 6) is 0.121. The minimum Gasteiger partial charge on any atom is -0.300 e. The van der Waals surface area contributed by atoms with Crippen molar-refractivity contribution in [3.8, 4) is 0 Å². The van der Waals surface area contributed by atoms with Gasteiger partial charge in [-0.05, 0) is 24.0 Å². The van der Waals surface area contributed by atoms with Gasteiger partial charge >= 0.3 is 0 Å². The topological polar surface area (TPSA) is 92.3 Å². The number of sulfonamides is 1. The van der Waals surface area contributed by atoms with Crippen molar-refractivity contribution in [1.29, 1.82) is 0 Å². The number of carbonyl (C=O) groups excluding carboxylic acids is 1. The Labute approximate surface area is 158 Å². The monoisotopic (exact) mass is 396 g/mol. The number of hydrogen-bond donors (Lipinski definition) is 1. The van der Waals surface area contributed by atoms with E-state index in [0.29, 0.717) is 18.7 Å². The minimum absolute atomic E-state index is 0.128. The smallest absolute Gasteiger partial charge is 0.293 e. The highest BCUT2D eigenvalue weighted by Crippen LogP contribution is 2.28. The van der Waals surface area contributed by atoms with Gasteiger partial charge in [0.25, 0.3) is 14.4 Å². The lowest BCUT2D eigenvalue weighted by Gasteiger charge is -2.24. The zero-order valence-corrected chi connectivity index (χ0v) is 17.0. The molecule has 1 amide bonds. The first-order valence-corrected chi connectivity index (χ1v) is 10.7. The van der Waals surface area contributed by atoms with Crippen LogP contribution in [-0.4, -0.2) is 31.1 Å². The fourth-order valence-electron chi connectivity index (χ4n) is 2.27. The van der Waals surface area contributed by atoms with Crippen molar-refractivity contribution < 1.29 is 13.2 Å². The van der Waals surface area contributed by atoms with E-state index < -0.39 is 10.0 Å². The van der Waals surface area contributed by atoms with Crippen molar-refractivity contribution in [2.75, 3.05) is 16.2 Å². The quantitative estimate of drug-likeness (QED) is 0.691. The van der Waals surface area contributed by atoms with Gasteiger partial charge in [-0.15, -0.1) is 10.2 Å². The molecule has 0 radical (unpaired) electrons. The van der Waals surface area contributed by atoms with Gasteiger partial charge in [-0.1, -0.05) is 57.2 Å². The molecule has 0 saturated carbocycles. The van der Waals surface area contributed by atoms with Gasteiger partial charge in [0.2, 0.25) is 11.0 Å². The zero-order valence-electron chi connectivity index (χ0n) is 15.3. The van der Waals surface area contributed by atoms with Gasteiger partial charge in [0.15, 0.2) is 0 Å². The summed E-state index contributed by atoms with van der Waals surface area (Å²) in [6.45, 7) is 8.08. The van der Waals surface area contributed by atoms with Gasteiger partial charge in [0.05, 0.1) is 5.69 Å². The highest BCUT2D eigenvalue weighted by Gasteiger charge is 2.29. The summed E-state index contributed by atoms with van der Waals surface area (Å²) in [6.07, 6.45) is 0.338. The molecule has 142 valence electrons. The molecule has 26 heavy (non-hydrogen) atoms. The summed E-state index contributed by atoms with van der Waals surface area (Å²) in [5.41, 5.74) is 0.571. The molecule has 1 N–H and O–H groups in total. The lowest BCUT2D eigenvalue weighted by molar-refractivity contribution is -0.116. The number of nitrogens with one attached hydrogen (secondary N) is 1. The van der Waals surface area contributed by atoms with Crippen LogP contribution in [0.2, 0.25) is 0 Å². The fraction of sp³-hybridized carbons (Fsp3) is 0.471. The Bertz CT molecular complexity index is 833. The summed E-state index contributed by atoms with van der Waals surface area (Å²) >= 11 is 0.862. The number of nitrogens with zero attached hydrogens (tertiary/aromatic N) is 3. The molecular weight excluding hydrogens is 372 g/mol. The van der Waals surface area contributed by atoms with Gasteiger partial charge in [0.1, 0.15) is 0 Å². The molecular formula is C17H24N4O3S2. The number of anilines is 2. The van der Waals surface area contributed by atoms with Crippen molar-refractivity contribution in [2.45, 2.75) is 38.5 Å². The predicted molar refractivity (Wildman–Crippen MR) is 104 cm³/mol. The Morgan fingerprint density at radius 2 is 1.77 bits per heavy atom. The number of rotatable bonds is 8. The van der Waals surface area contributed by atoms with E-state index in [4.69, 9.17) is 0 Å². The van der Waals surface area contributed by atoms with E-state index >= 15 is 0 Å². The van der Waals surface area contributed by atoms with E-state index in [1.165, 1.54) is 4.31 Å². The van der Waals surface area contributed by atoms with Crippen LogP contribution in [0.5, 0.6) is 0 Å². The molecule has 0 fully saturated rings. The number of para-hydroxylation sites is 1. The molecule has 0 saturated heterocycles. The van der Waals surface area contributed by atoms with Gasteiger partial charge in [-0.3, -0.25) is 9.10 Å². The van der Waals surface area contributed by atoms with Crippen LogP contribution in [0.1, 0.15) is 34.1 Å². The van der Waals surface area contributed by atoms with Crippen molar-refractivity contribution in [3.63, 3.8) is 0 Å². The number of amides is 1. The van der Waals surface area contributed by atoms with Crippen LogP contribution in [0.15, 0.2) is 34.7 Å². The van der Waals surface area contributed by atoms with Crippen LogP contribution in [-0.2, 0) is 14.8 Å². The average molecular weight is 397 g/mol. The maximum Gasteiger partial charge on any atom is 0.293 e. The van der Waals surface area contributed by atoms with E-state index in [2.05, 4.69) is 15.5 Å². The number of carbonyl (C=O) groups is 1. The van der Waals surface area contributed by atoms with Crippen LogP contribution < -0.4 is 9.62 Å². The number of benzene rings is 1. The second kappa shape index (κ2) is 8.59. The summed E-state index contributed by atoms with van der Waals surface area (Å²) in [5, 5.41) is 10.4. The van der Waals surface area contributed by atoms with Gasteiger partial charge in [0, 0.05) is 13.0 Å². The molecule has 2 rings (SSSR count). The third kappa shape index (κ3) is 5.25. The Hall–Kier alpha value is -2.00. The molecule has 0 spiro atoms. The highest BCUT2D eigenvalue weighted by atomic mass is 32.2. The van der Waals surface area contributed by atoms with E-state index in [0.717, 1.165) is 11.3 Å². The predicted octanol–water partition coefficient (Wildman–Crippen LogP) is 3.37. The second-order valence-electron chi connectivity index (χ2n) is 6.78. The van der Waals surface area contributed by atoms with E-state index in [1.807, 2.05) is 33.8 Å². The molecule has 0 aliphatic carbocycles. The summed E-state index contributed by atoms with van der Waals surface area (Å²) in [6, 6.07) is 8.89. The molecule has 0 bridgehead atoms. The maximum atomic E-state index is 13.1. The Morgan fingerprint density at radius 3 is 2.35 bits per heavy atom. The lowest BCUT2D eigenvalue weighted by atomic mass is 10.1. The van der Waals surface area contributed by atoms with Crippen LogP contribution in [0.25, 0.3) is 0 Å². The lowest BCUT2D eigenvalue weighted by Crippen LogP contribution is -2.34. The van der Waals surface area contributed by atoms with Gasteiger partial charge in [-0.25, -0.2) is 0 Å². The minimum atomic E-state index is -3.86. The third-order valence-electron chi connectivity index (χ3n) is 3.33. The van der Waals surface area contributed by atoms with Crippen LogP contribution in [0, 0.1) is 11.8 Å². The van der Waals surface area contributed by atoms with Crippen LogP contribution in [0.4, 0.5) is 10.8 Å². The fourth-order valence-corrected chi connectivity index (χ4v) is 4.92. The molecule has 0 atom stereocenters. The Morgan fingerprint density at radius 1 is 1.12 bits per heavy atom. The summed E-state index contributed by atoms with van der Waals surface area (Å²) in [7, 11) is -3.86. The Kier molecular flexibility index (Phi) is 6.71. The second-order valence-corrected chi connectivity index (χ2v) is 9.80. The first-order valence-electron chi connectivity index (χ1n) is 8.41. The largest absolute Gasteiger partial charge is 0.300 e. The van der Waals surface area contributed by atoms with Crippen LogP contribution >= 0.6 is 11.3 Å². The molecule has 0 aliphatic rings. The number of aromatic nitrogens is 2. The highest BCUT2D eigenvalue weighted by molar-refractivity contribution is 7.94. The SMILES string of the molecule is CC(C)CC(=O)Nc1nnc(S(=O)(=O)N(CC(C)C)c2ccccc2)s1.